The lowest BCUT2D eigenvalue weighted by Gasteiger charge is -2.11. The van der Waals surface area contributed by atoms with E-state index < -0.39 is 0 Å². The maximum atomic E-state index is 4.82. The van der Waals surface area contributed by atoms with Gasteiger partial charge in [0, 0.05) is 22.0 Å². The van der Waals surface area contributed by atoms with E-state index in [1.807, 2.05) is 30.3 Å². The highest BCUT2D eigenvalue weighted by Gasteiger charge is 2.14. The van der Waals surface area contributed by atoms with Gasteiger partial charge < -0.3 is 10.3 Å². The molecule has 24 heavy (non-hydrogen) atoms. The van der Waals surface area contributed by atoms with E-state index in [0.29, 0.717) is 0 Å². The number of pyridine rings is 1. The van der Waals surface area contributed by atoms with Crippen LogP contribution in [0.15, 0.2) is 78.9 Å². The van der Waals surface area contributed by atoms with Gasteiger partial charge in [-0.05, 0) is 24.3 Å². The minimum Gasteiger partial charge on any atom is -0.354 e. The van der Waals surface area contributed by atoms with Gasteiger partial charge >= 0.3 is 0 Å². The molecule has 0 spiro atoms. The van der Waals surface area contributed by atoms with Gasteiger partial charge in [-0.1, -0.05) is 54.6 Å². The quantitative estimate of drug-likeness (QED) is 0.445. The Morgan fingerprint density at radius 2 is 1.42 bits per heavy atom. The van der Waals surface area contributed by atoms with Crippen molar-refractivity contribution in [3.05, 3.63) is 78.9 Å². The highest BCUT2D eigenvalue weighted by molar-refractivity contribution is 6.19. The van der Waals surface area contributed by atoms with Crippen molar-refractivity contribution in [3.8, 4) is 0 Å². The van der Waals surface area contributed by atoms with Crippen LogP contribution in [0.25, 0.3) is 32.8 Å². The third-order valence-electron chi connectivity index (χ3n) is 4.39. The Morgan fingerprint density at radius 1 is 0.708 bits per heavy atom. The summed E-state index contributed by atoms with van der Waals surface area (Å²) in [6.07, 6.45) is 0. The maximum Gasteiger partial charge on any atom is 0.141 e. The van der Waals surface area contributed by atoms with Gasteiger partial charge in [0.2, 0.25) is 0 Å². The molecular weight excluding hydrogens is 294 g/mol. The zero-order valence-electron chi connectivity index (χ0n) is 13.0. The predicted molar refractivity (Wildman–Crippen MR) is 101 cm³/mol. The number of aromatic nitrogens is 2. The maximum absolute atomic E-state index is 4.82. The molecule has 3 aromatic carbocycles. The number of anilines is 2. The van der Waals surface area contributed by atoms with Crippen LogP contribution in [0, 0.1) is 0 Å². The average Bonchev–Trinajstić information content (AvgIpc) is 3.00. The molecule has 0 aliphatic carbocycles. The van der Waals surface area contributed by atoms with Crippen molar-refractivity contribution in [1.82, 2.24) is 9.97 Å². The first kappa shape index (κ1) is 13.1. The van der Waals surface area contributed by atoms with E-state index in [9.17, 15) is 0 Å². The van der Waals surface area contributed by atoms with Crippen molar-refractivity contribution in [2.45, 2.75) is 0 Å². The zero-order chi connectivity index (χ0) is 15.9. The molecule has 0 saturated heterocycles. The molecule has 114 valence electrons. The molecule has 0 saturated carbocycles. The second-order valence-corrected chi connectivity index (χ2v) is 5.89. The zero-order valence-corrected chi connectivity index (χ0v) is 13.0. The average molecular weight is 309 g/mol. The molecule has 0 aliphatic rings. The van der Waals surface area contributed by atoms with E-state index in [1.54, 1.807) is 0 Å². The van der Waals surface area contributed by atoms with E-state index in [4.69, 9.17) is 4.98 Å². The fourth-order valence-corrected chi connectivity index (χ4v) is 3.30. The van der Waals surface area contributed by atoms with Crippen LogP contribution in [0.1, 0.15) is 0 Å². The van der Waals surface area contributed by atoms with Crippen LogP contribution in [0.5, 0.6) is 0 Å². The predicted octanol–water partition coefficient (Wildman–Crippen LogP) is 5.61. The highest BCUT2D eigenvalue weighted by Crippen LogP contribution is 2.37. The molecule has 2 aromatic heterocycles. The number of H-pyrrole nitrogens is 1. The van der Waals surface area contributed by atoms with Gasteiger partial charge in [0.1, 0.15) is 5.65 Å². The number of benzene rings is 3. The first-order valence-electron chi connectivity index (χ1n) is 8.01. The summed E-state index contributed by atoms with van der Waals surface area (Å²) in [6.45, 7) is 0. The lowest BCUT2D eigenvalue weighted by Crippen LogP contribution is -1.94. The smallest absolute Gasteiger partial charge is 0.141 e. The number of nitrogens with one attached hydrogen (secondary N) is 2. The molecule has 0 bridgehead atoms. The fourth-order valence-electron chi connectivity index (χ4n) is 3.30. The largest absolute Gasteiger partial charge is 0.354 e. The minimum atomic E-state index is 0.910. The van der Waals surface area contributed by atoms with Gasteiger partial charge in [0.05, 0.1) is 16.6 Å². The van der Waals surface area contributed by atoms with Gasteiger partial charge in [-0.15, -0.1) is 0 Å². The molecular formula is C21H15N3. The van der Waals surface area contributed by atoms with E-state index in [0.717, 1.165) is 38.8 Å². The van der Waals surface area contributed by atoms with Gasteiger partial charge in [-0.2, -0.15) is 0 Å². The summed E-state index contributed by atoms with van der Waals surface area (Å²) in [6, 6.07) is 26.9. The van der Waals surface area contributed by atoms with Crippen LogP contribution in [0.4, 0.5) is 11.4 Å². The minimum absolute atomic E-state index is 0.910. The molecule has 3 nitrogen and oxygen atoms in total. The Kier molecular flexibility index (Phi) is 2.79. The van der Waals surface area contributed by atoms with Crippen molar-refractivity contribution in [2.75, 3.05) is 5.32 Å². The fraction of sp³-hybridized carbons (Fsp3) is 0. The lowest BCUT2D eigenvalue weighted by molar-refractivity contribution is 1.40. The van der Waals surface area contributed by atoms with E-state index in [2.05, 4.69) is 58.8 Å². The SMILES string of the molecule is c1ccc(Nc2c3ccccc3nc3[nH]c4ccccc4c23)cc1. The Bertz CT molecular complexity index is 1170. The molecule has 0 atom stereocenters. The van der Waals surface area contributed by atoms with Crippen LogP contribution in [0.2, 0.25) is 0 Å². The lowest BCUT2D eigenvalue weighted by atomic mass is 10.1. The van der Waals surface area contributed by atoms with Crippen LogP contribution >= 0.6 is 0 Å². The highest BCUT2D eigenvalue weighted by atomic mass is 14.9. The summed E-state index contributed by atoms with van der Waals surface area (Å²) >= 11 is 0. The van der Waals surface area contributed by atoms with E-state index in [1.165, 1.54) is 5.39 Å². The Labute approximate surface area is 139 Å². The summed E-state index contributed by atoms with van der Waals surface area (Å²) < 4.78 is 0. The van der Waals surface area contributed by atoms with Gasteiger partial charge in [0.25, 0.3) is 0 Å². The normalized spacial score (nSPS) is 11.3. The Hall–Kier alpha value is -3.33. The molecule has 0 unspecified atom stereocenters. The van der Waals surface area contributed by atoms with Crippen LogP contribution < -0.4 is 5.32 Å². The summed E-state index contributed by atoms with van der Waals surface area (Å²) in [4.78, 5) is 8.27. The van der Waals surface area contributed by atoms with Crippen molar-refractivity contribution in [2.24, 2.45) is 0 Å². The van der Waals surface area contributed by atoms with Crippen LogP contribution in [0.3, 0.4) is 0 Å². The third-order valence-corrected chi connectivity index (χ3v) is 4.39. The van der Waals surface area contributed by atoms with Crippen LogP contribution in [-0.4, -0.2) is 9.97 Å². The first-order valence-corrected chi connectivity index (χ1v) is 8.01. The molecule has 5 rings (SSSR count). The number of para-hydroxylation sites is 3. The Balaban J connectivity index is 1.91. The van der Waals surface area contributed by atoms with Crippen molar-refractivity contribution >= 4 is 44.2 Å². The molecule has 2 heterocycles. The molecule has 0 aliphatic heterocycles. The van der Waals surface area contributed by atoms with E-state index in [-0.39, 0.29) is 0 Å². The Morgan fingerprint density at radius 3 is 2.29 bits per heavy atom. The number of hydrogen-bond donors (Lipinski definition) is 2. The standard InChI is InChI=1S/C21H15N3/c1-2-8-14(9-3-1)22-20-16-11-5-7-13-18(16)24-21-19(20)15-10-4-6-12-17(15)23-21/h1-13H,(H2,22,23,24). The number of rotatable bonds is 2. The van der Waals surface area contributed by atoms with Gasteiger partial charge in [0.15, 0.2) is 0 Å². The van der Waals surface area contributed by atoms with Crippen molar-refractivity contribution in [3.63, 3.8) is 0 Å². The monoisotopic (exact) mass is 309 g/mol. The molecule has 0 fully saturated rings. The number of fused-ring (bicyclic) bond motifs is 4. The summed E-state index contributed by atoms with van der Waals surface area (Å²) in [5.41, 5.74) is 5.16. The first-order chi connectivity index (χ1) is 11.9. The summed E-state index contributed by atoms with van der Waals surface area (Å²) in [5, 5.41) is 7.05. The van der Waals surface area contributed by atoms with Crippen molar-refractivity contribution in [1.29, 1.82) is 0 Å². The van der Waals surface area contributed by atoms with Gasteiger partial charge in [-0.3, -0.25) is 0 Å². The number of hydrogen-bond acceptors (Lipinski definition) is 2. The second kappa shape index (κ2) is 5.10. The van der Waals surface area contributed by atoms with Gasteiger partial charge in [-0.25, -0.2) is 4.98 Å². The molecule has 2 N–H and O–H groups in total. The topological polar surface area (TPSA) is 40.7 Å². The third kappa shape index (κ3) is 1.95. The number of nitrogens with zero attached hydrogens (tertiary/aromatic N) is 1. The molecule has 0 radical (unpaired) electrons. The summed E-state index contributed by atoms with van der Waals surface area (Å²) in [7, 11) is 0. The second-order valence-electron chi connectivity index (χ2n) is 5.89. The molecule has 5 aromatic rings. The van der Waals surface area contributed by atoms with Crippen molar-refractivity contribution < 1.29 is 0 Å². The summed E-state index contributed by atoms with van der Waals surface area (Å²) in [5.74, 6) is 0. The number of aromatic amines is 1. The van der Waals surface area contributed by atoms with Crippen LogP contribution in [-0.2, 0) is 0 Å². The molecule has 0 amide bonds. The molecule has 3 heteroatoms. The van der Waals surface area contributed by atoms with E-state index >= 15 is 0 Å².